The molecule has 0 saturated heterocycles. The van der Waals surface area contributed by atoms with Crippen LogP contribution in [0, 0.1) is 0 Å². The molecule has 1 aliphatic rings. The number of rotatable bonds is 2. The highest BCUT2D eigenvalue weighted by atomic mass is 16.3. The fraction of sp³-hybridized carbons (Fsp3) is 0.250. The summed E-state index contributed by atoms with van der Waals surface area (Å²) in [6, 6.07) is 10.2. The highest BCUT2D eigenvalue weighted by Gasteiger charge is 2.29. The van der Waals surface area contributed by atoms with Crippen LogP contribution in [0.25, 0.3) is 22.2 Å². The molecule has 1 fully saturated rings. The molecule has 2 heterocycles. The van der Waals surface area contributed by atoms with Crippen LogP contribution in [0.1, 0.15) is 24.6 Å². The average Bonchev–Trinajstić information content (AvgIpc) is 2.88. The lowest BCUT2D eigenvalue weighted by Gasteiger charge is -2.31. The first kappa shape index (κ1) is 11.6. The van der Waals surface area contributed by atoms with E-state index in [0.29, 0.717) is 12.0 Å². The molecule has 4 nitrogen and oxygen atoms in total. The summed E-state index contributed by atoms with van der Waals surface area (Å²) >= 11 is 0. The van der Waals surface area contributed by atoms with Gasteiger partial charge in [0, 0.05) is 29.1 Å². The molecule has 2 N–H and O–H groups in total. The molecule has 0 amide bonds. The minimum atomic E-state index is 0.307. The molecule has 4 heteroatoms. The Morgan fingerprint density at radius 2 is 2.00 bits per heavy atom. The van der Waals surface area contributed by atoms with Crippen LogP contribution >= 0.6 is 0 Å². The van der Waals surface area contributed by atoms with Crippen molar-refractivity contribution in [2.45, 2.75) is 24.8 Å². The van der Waals surface area contributed by atoms with Gasteiger partial charge in [0.25, 0.3) is 0 Å². The standard InChI is InChI=1S/C16H15N3O/c17-11-7-10(8-11)16-18-6-5-14(19-16)13-9-20-15-4-2-1-3-12(13)15/h1-6,9-11H,7-8,17H2. The van der Waals surface area contributed by atoms with Crippen LogP contribution in [0.4, 0.5) is 0 Å². The number of aromatic nitrogens is 2. The second-order valence-corrected chi connectivity index (χ2v) is 5.37. The van der Waals surface area contributed by atoms with Crippen molar-refractivity contribution in [2.24, 2.45) is 5.73 Å². The van der Waals surface area contributed by atoms with E-state index < -0.39 is 0 Å². The summed E-state index contributed by atoms with van der Waals surface area (Å²) in [5.74, 6) is 1.30. The summed E-state index contributed by atoms with van der Waals surface area (Å²) < 4.78 is 5.58. The van der Waals surface area contributed by atoms with Gasteiger partial charge in [0.15, 0.2) is 0 Å². The molecule has 1 aliphatic carbocycles. The highest BCUT2D eigenvalue weighted by Crippen LogP contribution is 2.35. The number of nitrogens with zero attached hydrogens (tertiary/aromatic N) is 2. The molecule has 0 bridgehead atoms. The normalized spacial score (nSPS) is 21.9. The molecular formula is C16H15N3O. The Kier molecular flexibility index (Phi) is 2.57. The van der Waals surface area contributed by atoms with Gasteiger partial charge in [0.05, 0.1) is 5.69 Å². The minimum absolute atomic E-state index is 0.307. The minimum Gasteiger partial charge on any atom is -0.464 e. The van der Waals surface area contributed by atoms with Crippen molar-refractivity contribution in [3.63, 3.8) is 0 Å². The highest BCUT2D eigenvalue weighted by molar-refractivity contribution is 5.92. The maximum absolute atomic E-state index is 5.84. The summed E-state index contributed by atoms with van der Waals surface area (Å²) in [6.45, 7) is 0. The van der Waals surface area contributed by atoms with Crippen LogP contribution in [0.3, 0.4) is 0 Å². The van der Waals surface area contributed by atoms with Crippen LogP contribution in [-0.4, -0.2) is 16.0 Å². The van der Waals surface area contributed by atoms with Crippen molar-refractivity contribution in [1.29, 1.82) is 0 Å². The maximum Gasteiger partial charge on any atom is 0.134 e. The zero-order valence-electron chi connectivity index (χ0n) is 11.0. The van der Waals surface area contributed by atoms with Crippen LogP contribution < -0.4 is 5.73 Å². The Labute approximate surface area is 116 Å². The van der Waals surface area contributed by atoms with Crippen molar-refractivity contribution >= 4 is 11.0 Å². The fourth-order valence-electron chi connectivity index (χ4n) is 2.77. The monoisotopic (exact) mass is 265 g/mol. The molecule has 1 aromatic carbocycles. The van der Waals surface area contributed by atoms with Crippen LogP contribution in [-0.2, 0) is 0 Å². The van der Waals surface area contributed by atoms with Crippen molar-refractivity contribution in [1.82, 2.24) is 9.97 Å². The first-order valence-electron chi connectivity index (χ1n) is 6.86. The fourth-order valence-corrected chi connectivity index (χ4v) is 2.77. The van der Waals surface area contributed by atoms with Gasteiger partial charge in [-0.15, -0.1) is 0 Å². The summed E-state index contributed by atoms with van der Waals surface area (Å²) in [5, 5.41) is 1.09. The maximum atomic E-state index is 5.84. The van der Waals surface area contributed by atoms with Gasteiger partial charge in [-0.2, -0.15) is 0 Å². The van der Waals surface area contributed by atoms with E-state index in [2.05, 4.69) is 11.1 Å². The van der Waals surface area contributed by atoms with Gasteiger partial charge in [-0.05, 0) is 25.0 Å². The molecule has 20 heavy (non-hydrogen) atoms. The Morgan fingerprint density at radius 1 is 1.15 bits per heavy atom. The van der Waals surface area contributed by atoms with Crippen LogP contribution in [0.2, 0.25) is 0 Å². The van der Waals surface area contributed by atoms with Gasteiger partial charge in [-0.25, -0.2) is 9.97 Å². The molecule has 4 rings (SSSR count). The van der Waals surface area contributed by atoms with E-state index in [0.717, 1.165) is 40.9 Å². The lowest BCUT2D eigenvalue weighted by Crippen LogP contribution is -2.35. The number of fused-ring (bicyclic) bond motifs is 1. The predicted octanol–water partition coefficient (Wildman–Crippen LogP) is 3.09. The largest absolute Gasteiger partial charge is 0.464 e. The lowest BCUT2D eigenvalue weighted by molar-refractivity contribution is 0.338. The number of furan rings is 1. The second kappa shape index (κ2) is 4.42. The Morgan fingerprint density at radius 3 is 2.85 bits per heavy atom. The van der Waals surface area contributed by atoms with E-state index in [4.69, 9.17) is 15.1 Å². The van der Waals surface area contributed by atoms with Crippen molar-refractivity contribution in [2.75, 3.05) is 0 Å². The molecule has 0 unspecified atom stereocenters. The van der Waals surface area contributed by atoms with E-state index >= 15 is 0 Å². The number of benzene rings is 1. The molecule has 2 aromatic heterocycles. The van der Waals surface area contributed by atoms with Gasteiger partial charge in [0.1, 0.15) is 17.7 Å². The van der Waals surface area contributed by atoms with E-state index in [-0.39, 0.29) is 0 Å². The molecule has 3 aromatic rings. The third-order valence-corrected chi connectivity index (χ3v) is 3.97. The predicted molar refractivity (Wildman–Crippen MR) is 77.2 cm³/mol. The quantitative estimate of drug-likeness (QED) is 0.773. The first-order valence-corrected chi connectivity index (χ1v) is 6.86. The summed E-state index contributed by atoms with van der Waals surface area (Å²) in [6.07, 6.45) is 5.55. The van der Waals surface area contributed by atoms with Gasteiger partial charge >= 0.3 is 0 Å². The van der Waals surface area contributed by atoms with Gasteiger partial charge in [-0.1, -0.05) is 18.2 Å². The third-order valence-electron chi connectivity index (χ3n) is 3.97. The smallest absolute Gasteiger partial charge is 0.134 e. The summed E-state index contributed by atoms with van der Waals surface area (Å²) in [4.78, 5) is 9.08. The SMILES string of the molecule is NC1CC(c2nccc(-c3coc4ccccc34)n2)C1. The topological polar surface area (TPSA) is 64.9 Å². The third kappa shape index (κ3) is 1.80. The number of hydrogen-bond donors (Lipinski definition) is 1. The number of nitrogens with two attached hydrogens (primary N) is 1. The van der Waals surface area contributed by atoms with Crippen molar-refractivity contribution in [3.8, 4) is 11.3 Å². The Balaban J connectivity index is 1.76. The van der Waals surface area contributed by atoms with Crippen LogP contribution in [0.5, 0.6) is 0 Å². The van der Waals surface area contributed by atoms with E-state index in [1.165, 1.54) is 0 Å². The van der Waals surface area contributed by atoms with Crippen LogP contribution in [0.15, 0.2) is 47.2 Å². The van der Waals surface area contributed by atoms with Gasteiger partial charge in [-0.3, -0.25) is 0 Å². The summed E-state index contributed by atoms with van der Waals surface area (Å²) in [7, 11) is 0. The molecule has 1 saturated carbocycles. The second-order valence-electron chi connectivity index (χ2n) is 5.37. The molecule has 0 atom stereocenters. The number of para-hydroxylation sites is 1. The molecule has 0 aliphatic heterocycles. The molecule has 0 radical (unpaired) electrons. The van der Waals surface area contributed by atoms with Crippen molar-refractivity contribution < 1.29 is 4.42 Å². The lowest BCUT2D eigenvalue weighted by atomic mass is 9.80. The zero-order valence-corrected chi connectivity index (χ0v) is 11.0. The number of hydrogen-bond acceptors (Lipinski definition) is 4. The Bertz CT molecular complexity index is 759. The van der Waals surface area contributed by atoms with E-state index in [1.807, 2.05) is 30.5 Å². The molecule has 100 valence electrons. The van der Waals surface area contributed by atoms with Crippen molar-refractivity contribution in [3.05, 3.63) is 48.6 Å². The zero-order chi connectivity index (χ0) is 13.5. The molecular weight excluding hydrogens is 250 g/mol. The van der Waals surface area contributed by atoms with E-state index in [9.17, 15) is 0 Å². The summed E-state index contributed by atoms with van der Waals surface area (Å²) in [5.41, 5.74) is 8.66. The van der Waals surface area contributed by atoms with Gasteiger partial charge < -0.3 is 10.2 Å². The average molecular weight is 265 g/mol. The van der Waals surface area contributed by atoms with E-state index in [1.54, 1.807) is 6.26 Å². The van der Waals surface area contributed by atoms with Gasteiger partial charge in [0.2, 0.25) is 0 Å². The Hall–Kier alpha value is -2.20. The molecule has 0 spiro atoms. The first-order chi connectivity index (χ1) is 9.81.